The molecule has 2 rings (SSSR count). The number of carbonyl (C=O) groups excluding carboxylic acids is 1. The zero-order valence-corrected chi connectivity index (χ0v) is 14.0. The summed E-state index contributed by atoms with van der Waals surface area (Å²) in [4.78, 5) is 14.1. The molecule has 1 aliphatic heterocycles. The average molecular weight is 329 g/mol. The zero-order valence-electron chi connectivity index (χ0n) is 13.2. The van der Waals surface area contributed by atoms with Crippen molar-refractivity contribution in [3.05, 3.63) is 11.8 Å². The van der Waals surface area contributed by atoms with Crippen LogP contribution in [0, 0.1) is 6.92 Å². The Bertz CT molecular complexity index is 632. The fraction of sp³-hybridized carbons (Fsp3) is 0.692. The van der Waals surface area contributed by atoms with Crippen molar-refractivity contribution in [1.82, 2.24) is 19.4 Å². The molecule has 2 heterocycles. The van der Waals surface area contributed by atoms with Crippen LogP contribution in [0.25, 0.3) is 0 Å². The van der Waals surface area contributed by atoms with Crippen LogP contribution in [-0.2, 0) is 21.9 Å². The SMILES string of the molecule is Cc1cc(NC(=O)CN2CCC(NS(C)(=O)=O)CC2)n(C)n1. The van der Waals surface area contributed by atoms with E-state index in [1.165, 1.54) is 6.26 Å². The Morgan fingerprint density at radius 2 is 2.05 bits per heavy atom. The highest BCUT2D eigenvalue weighted by atomic mass is 32.2. The number of hydrogen-bond donors (Lipinski definition) is 2. The minimum absolute atomic E-state index is 0.0333. The lowest BCUT2D eigenvalue weighted by Gasteiger charge is -2.31. The summed E-state index contributed by atoms with van der Waals surface area (Å²) < 4.78 is 26.6. The molecule has 0 atom stereocenters. The Morgan fingerprint density at radius 3 is 2.55 bits per heavy atom. The number of rotatable bonds is 5. The highest BCUT2D eigenvalue weighted by Crippen LogP contribution is 2.12. The summed E-state index contributed by atoms with van der Waals surface area (Å²) in [5, 5.41) is 7.01. The van der Waals surface area contributed by atoms with Crippen LogP contribution < -0.4 is 10.0 Å². The van der Waals surface area contributed by atoms with Gasteiger partial charge in [-0.2, -0.15) is 5.10 Å². The van der Waals surface area contributed by atoms with E-state index >= 15 is 0 Å². The Morgan fingerprint density at radius 1 is 1.41 bits per heavy atom. The van der Waals surface area contributed by atoms with Gasteiger partial charge in [0.1, 0.15) is 5.82 Å². The number of carbonyl (C=O) groups is 1. The van der Waals surface area contributed by atoms with Gasteiger partial charge in [0.25, 0.3) is 0 Å². The zero-order chi connectivity index (χ0) is 16.3. The van der Waals surface area contributed by atoms with Gasteiger partial charge in [0.2, 0.25) is 15.9 Å². The summed E-state index contributed by atoms with van der Waals surface area (Å²) in [5.74, 6) is 0.591. The van der Waals surface area contributed by atoms with Crippen molar-refractivity contribution in [2.75, 3.05) is 31.2 Å². The highest BCUT2D eigenvalue weighted by molar-refractivity contribution is 7.88. The van der Waals surface area contributed by atoms with Crippen molar-refractivity contribution >= 4 is 21.7 Å². The lowest BCUT2D eigenvalue weighted by atomic mass is 10.1. The van der Waals surface area contributed by atoms with Crippen molar-refractivity contribution in [1.29, 1.82) is 0 Å². The Balaban J connectivity index is 1.78. The first kappa shape index (κ1) is 16.9. The van der Waals surface area contributed by atoms with Crippen molar-refractivity contribution in [3.8, 4) is 0 Å². The molecule has 2 N–H and O–H groups in total. The van der Waals surface area contributed by atoms with E-state index in [0.717, 1.165) is 5.69 Å². The third-order valence-corrected chi connectivity index (χ3v) is 4.37. The summed E-state index contributed by atoms with van der Waals surface area (Å²) >= 11 is 0. The lowest BCUT2D eigenvalue weighted by molar-refractivity contribution is -0.117. The maximum absolute atomic E-state index is 12.0. The van der Waals surface area contributed by atoms with Crippen molar-refractivity contribution in [3.63, 3.8) is 0 Å². The van der Waals surface area contributed by atoms with Gasteiger partial charge >= 0.3 is 0 Å². The van der Waals surface area contributed by atoms with Crippen LogP contribution in [0.4, 0.5) is 5.82 Å². The maximum atomic E-state index is 12.0. The molecule has 0 unspecified atom stereocenters. The molecule has 0 aromatic carbocycles. The molecule has 0 radical (unpaired) electrons. The van der Waals surface area contributed by atoms with Gasteiger partial charge in [0.15, 0.2) is 0 Å². The second kappa shape index (κ2) is 6.76. The number of anilines is 1. The monoisotopic (exact) mass is 329 g/mol. The summed E-state index contributed by atoms with van der Waals surface area (Å²) in [6.45, 7) is 3.57. The number of aromatic nitrogens is 2. The van der Waals surface area contributed by atoms with E-state index in [1.807, 2.05) is 17.9 Å². The van der Waals surface area contributed by atoms with Crippen molar-refractivity contribution < 1.29 is 13.2 Å². The molecule has 9 heteroatoms. The first-order valence-electron chi connectivity index (χ1n) is 7.23. The van der Waals surface area contributed by atoms with E-state index in [-0.39, 0.29) is 11.9 Å². The molecule has 0 aliphatic carbocycles. The van der Waals surface area contributed by atoms with Crippen LogP contribution in [0.15, 0.2) is 6.07 Å². The first-order valence-corrected chi connectivity index (χ1v) is 9.12. The molecule has 0 bridgehead atoms. The van der Waals surface area contributed by atoms with Gasteiger partial charge in [0.05, 0.1) is 18.5 Å². The third-order valence-electron chi connectivity index (χ3n) is 3.61. The summed E-state index contributed by atoms with van der Waals surface area (Å²) in [6.07, 6.45) is 2.60. The van der Waals surface area contributed by atoms with E-state index in [0.29, 0.717) is 38.3 Å². The predicted molar refractivity (Wildman–Crippen MR) is 84.0 cm³/mol. The van der Waals surface area contributed by atoms with Crippen molar-refractivity contribution in [2.45, 2.75) is 25.8 Å². The number of hydrogen-bond acceptors (Lipinski definition) is 5. The summed E-state index contributed by atoms with van der Waals surface area (Å²) in [5.41, 5.74) is 0.852. The molecule has 22 heavy (non-hydrogen) atoms. The molecule has 124 valence electrons. The van der Waals surface area contributed by atoms with E-state index < -0.39 is 10.0 Å². The topological polar surface area (TPSA) is 96.3 Å². The number of likely N-dealkylation sites (tertiary alicyclic amines) is 1. The van der Waals surface area contributed by atoms with Crippen LogP contribution in [0.5, 0.6) is 0 Å². The fourth-order valence-electron chi connectivity index (χ4n) is 2.62. The fourth-order valence-corrected chi connectivity index (χ4v) is 3.47. The first-order chi connectivity index (χ1) is 10.2. The molecule has 1 aromatic heterocycles. The number of nitrogens with zero attached hydrogens (tertiary/aromatic N) is 3. The maximum Gasteiger partial charge on any atom is 0.239 e. The smallest absolute Gasteiger partial charge is 0.239 e. The van der Waals surface area contributed by atoms with Gasteiger partial charge in [-0.3, -0.25) is 14.4 Å². The van der Waals surface area contributed by atoms with Gasteiger partial charge in [-0.1, -0.05) is 0 Å². The number of amides is 1. The lowest BCUT2D eigenvalue weighted by Crippen LogP contribution is -2.46. The van der Waals surface area contributed by atoms with Crippen LogP contribution in [-0.4, -0.2) is 60.9 Å². The van der Waals surface area contributed by atoms with E-state index in [9.17, 15) is 13.2 Å². The molecule has 8 nitrogen and oxygen atoms in total. The van der Waals surface area contributed by atoms with Gasteiger partial charge < -0.3 is 5.32 Å². The highest BCUT2D eigenvalue weighted by Gasteiger charge is 2.23. The number of nitrogens with one attached hydrogen (secondary N) is 2. The van der Waals surface area contributed by atoms with E-state index in [2.05, 4.69) is 15.1 Å². The number of sulfonamides is 1. The Labute approximate surface area is 130 Å². The number of piperidine rings is 1. The molecular weight excluding hydrogens is 306 g/mol. The second-order valence-corrected chi connectivity index (χ2v) is 7.56. The van der Waals surface area contributed by atoms with Crippen LogP contribution in [0.3, 0.4) is 0 Å². The second-order valence-electron chi connectivity index (χ2n) is 5.78. The normalized spacial score (nSPS) is 17.6. The average Bonchev–Trinajstić information content (AvgIpc) is 2.68. The molecule has 1 aromatic rings. The molecule has 1 saturated heterocycles. The van der Waals surface area contributed by atoms with Crippen molar-refractivity contribution in [2.24, 2.45) is 7.05 Å². The molecule has 1 aliphatic rings. The number of aryl methyl sites for hydroxylation is 2. The van der Waals surface area contributed by atoms with Crippen LogP contribution >= 0.6 is 0 Å². The standard InChI is InChI=1S/C13H23N5O3S/c1-10-8-12(17(2)15-10)14-13(19)9-18-6-4-11(5-7-18)16-22(3,20)21/h8,11,16H,4-7,9H2,1-3H3,(H,14,19). The van der Waals surface area contributed by atoms with Gasteiger partial charge in [-0.05, 0) is 19.8 Å². The van der Waals surface area contributed by atoms with Gasteiger partial charge in [0, 0.05) is 32.2 Å². The molecule has 1 fully saturated rings. The third kappa shape index (κ3) is 5.08. The van der Waals surface area contributed by atoms with Gasteiger partial charge in [-0.15, -0.1) is 0 Å². The molecule has 0 saturated carbocycles. The van der Waals surface area contributed by atoms with Gasteiger partial charge in [-0.25, -0.2) is 13.1 Å². The van der Waals surface area contributed by atoms with E-state index in [4.69, 9.17) is 0 Å². The largest absolute Gasteiger partial charge is 0.310 e. The summed E-state index contributed by atoms with van der Waals surface area (Å²) in [6, 6.07) is 1.79. The molecule has 1 amide bonds. The quantitative estimate of drug-likeness (QED) is 0.772. The van der Waals surface area contributed by atoms with Crippen LogP contribution in [0.2, 0.25) is 0 Å². The molecule has 0 spiro atoms. The Kier molecular flexibility index (Phi) is 5.20. The predicted octanol–water partition coefficient (Wildman–Crippen LogP) is -0.319. The minimum atomic E-state index is -3.16. The molecular formula is C13H23N5O3S. The summed E-state index contributed by atoms with van der Waals surface area (Å²) in [7, 11) is -1.38. The Hall–Kier alpha value is -1.45. The van der Waals surface area contributed by atoms with E-state index in [1.54, 1.807) is 11.7 Å². The van der Waals surface area contributed by atoms with Crippen LogP contribution in [0.1, 0.15) is 18.5 Å². The minimum Gasteiger partial charge on any atom is -0.310 e.